The lowest BCUT2D eigenvalue weighted by atomic mass is 10.1. The van der Waals surface area contributed by atoms with Crippen molar-refractivity contribution in [2.45, 2.75) is 13.0 Å². The van der Waals surface area contributed by atoms with Crippen molar-refractivity contribution in [2.75, 3.05) is 6.54 Å². The topological polar surface area (TPSA) is 60.9 Å². The van der Waals surface area contributed by atoms with Crippen molar-refractivity contribution in [3.8, 4) is 11.3 Å². The minimum atomic E-state index is -0.301. The summed E-state index contributed by atoms with van der Waals surface area (Å²) in [7, 11) is 0. The lowest BCUT2D eigenvalue weighted by Crippen LogP contribution is -2.25. The maximum absolute atomic E-state index is 13.1. The fourth-order valence-corrected chi connectivity index (χ4v) is 2.45. The summed E-state index contributed by atoms with van der Waals surface area (Å²) >= 11 is 0. The number of hydrogen-bond acceptors (Lipinski definition) is 3. The summed E-state index contributed by atoms with van der Waals surface area (Å²) < 4.78 is 14.6. The van der Waals surface area contributed by atoms with Crippen LogP contribution < -0.4 is 11.3 Å². The van der Waals surface area contributed by atoms with Crippen molar-refractivity contribution in [3.63, 3.8) is 0 Å². The van der Waals surface area contributed by atoms with Crippen molar-refractivity contribution >= 4 is 10.8 Å². The molecule has 0 aliphatic heterocycles. The smallest absolute Gasteiger partial charge is 0.274 e. The molecule has 0 bridgehead atoms. The van der Waals surface area contributed by atoms with E-state index < -0.39 is 0 Å². The molecule has 0 radical (unpaired) electrons. The molecular weight excluding hydrogens is 281 g/mol. The molecule has 0 saturated heterocycles. The van der Waals surface area contributed by atoms with Crippen molar-refractivity contribution < 1.29 is 4.39 Å². The first-order valence-electron chi connectivity index (χ1n) is 7.16. The van der Waals surface area contributed by atoms with E-state index in [1.165, 1.54) is 16.8 Å². The molecule has 1 aromatic heterocycles. The number of rotatable bonds is 4. The van der Waals surface area contributed by atoms with Gasteiger partial charge in [-0.05, 0) is 43.3 Å². The molecule has 112 valence electrons. The predicted octanol–water partition coefficient (Wildman–Crippen LogP) is 2.55. The molecule has 0 aliphatic carbocycles. The highest BCUT2D eigenvalue weighted by Crippen LogP contribution is 2.24. The third-order valence-electron chi connectivity index (χ3n) is 3.56. The molecule has 5 heteroatoms. The highest BCUT2D eigenvalue weighted by Gasteiger charge is 2.11. The van der Waals surface area contributed by atoms with Crippen LogP contribution in [0, 0.1) is 5.82 Å². The van der Waals surface area contributed by atoms with Crippen LogP contribution in [0.15, 0.2) is 53.3 Å². The highest BCUT2D eigenvalue weighted by molar-refractivity contribution is 5.93. The highest BCUT2D eigenvalue weighted by atomic mass is 19.1. The third-order valence-corrected chi connectivity index (χ3v) is 3.56. The van der Waals surface area contributed by atoms with Crippen molar-refractivity contribution in [1.82, 2.24) is 9.78 Å². The van der Waals surface area contributed by atoms with Gasteiger partial charge in [-0.15, -0.1) is 0 Å². The van der Waals surface area contributed by atoms with Crippen LogP contribution in [0.1, 0.15) is 6.42 Å². The molecule has 3 aromatic rings. The SMILES string of the molecule is NCCCn1nc(-c2ccc(F)cc2)c2ccccc2c1=O. The van der Waals surface area contributed by atoms with E-state index in [2.05, 4.69) is 5.10 Å². The van der Waals surface area contributed by atoms with Gasteiger partial charge in [-0.3, -0.25) is 4.79 Å². The largest absolute Gasteiger partial charge is 0.330 e. The second-order valence-corrected chi connectivity index (χ2v) is 5.07. The van der Waals surface area contributed by atoms with E-state index in [1.54, 1.807) is 18.2 Å². The van der Waals surface area contributed by atoms with Crippen molar-refractivity contribution in [3.05, 3.63) is 64.7 Å². The molecule has 1 heterocycles. The molecular formula is C17H16FN3O. The van der Waals surface area contributed by atoms with Crippen LogP contribution in [0.5, 0.6) is 0 Å². The fourth-order valence-electron chi connectivity index (χ4n) is 2.45. The lowest BCUT2D eigenvalue weighted by molar-refractivity contribution is 0.561. The van der Waals surface area contributed by atoms with Gasteiger partial charge in [0.1, 0.15) is 5.82 Å². The van der Waals surface area contributed by atoms with Crippen LogP contribution >= 0.6 is 0 Å². The molecule has 0 spiro atoms. The number of hydrogen-bond donors (Lipinski definition) is 1. The Hall–Kier alpha value is -2.53. The van der Waals surface area contributed by atoms with Crippen molar-refractivity contribution in [1.29, 1.82) is 0 Å². The Kier molecular flexibility index (Phi) is 3.98. The minimum absolute atomic E-state index is 0.130. The summed E-state index contributed by atoms with van der Waals surface area (Å²) in [6, 6.07) is 13.4. The summed E-state index contributed by atoms with van der Waals surface area (Å²) in [4.78, 5) is 12.5. The molecule has 0 fully saturated rings. The van der Waals surface area contributed by atoms with Gasteiger partial charge in [0.05, 0.1) is 11.1 Å². The van der Waals surface area contributed by atoms with Gasteiger partial charge in [-0.2, -0.15) is 5.10 Å². The Morgan fingerprint density at radius 3 is 2.41 bits per heavy atom. The average molecular weight is 297 g/mol. The number of nitrogens with zero attached hydrogens (tertiary/aromatic N) is 2. The van der Waals surface area contributed by atoms with E-state index in [1.807, 2.05) is 18.2 Å². The van der Waals surface area contributed by atoms with Gasteiger partial charge in [-0.25, -0.2) is 9.07 Å². The number of aryl methyl sites for hydroxylation is 1. The second kappa shape index (κ2) is 6.07. The van der Waals surface area contributed by atoms with Crippen LogP contribution in [0.25, 0.3) is 22.0 Å². The molecule has 4 nitrogen and oxygen atoms in total. The first-order valence-corrected chi connectivity index (χ1v) is 7.16. The Bertz CT molecular complexity index is 856. The third kappa shape index (κ3) is 2.63. The van der Waals surface area contributed by atoms with Gasteiger partial charge in [0, 0.05) is 17.5 Å². The first-order chi connectivity index (χ1) is 10.7. The van der Waals surface area contributed by atoms with Crippen molar-refractivity contribution in [2.24, 2.45) is 5.73 Å². The van der Waals surface area contributed by atoms with Gasteiger partial charge < -0.3 is 5.73 Å². The molecule has 22 heavy (non-hydrogen) atoms. The van der Waals surface area contributed by atoms with E-state index in [9.17, 15) is 9.18 Å². The fraction of sp³-hybridized carbons (Fsp3) is 0.176. The first kappa shape index (κ1) is 14.4. The summed E-state index contributed by atoms with van der Waals surface area (Å²) in [6.07, 6.45) is 0.675. The van der Waals surface area contributed by atoms with E-state index in [4.69, 9.17) is 5.73 Å². The second-order valence-electron chi connectivity index (χ2n) is 5.07. The Morgan fingerprint density at radius 1 is 1.05 bits per heavy atom. The van der Waals surface area contributed by atoms with Crippen LogP contribution in [-0.4, -0.2) is 16.3 Å². The quantitative estimate of drug-likeness (QED) is 0.805. The van der Waals surface area contributed by atoms with Gasteiger partial charge in [0.15, 0.2) is 0 Å². The summed E-state index contributed by atoms with van der Waals surface area (Å²) in [5.74, 6) is -0.301. The van der Waals surface area contributed by atoms with Crippen LogP contribution in [0.2, 0.25) is 0 Å². The van der Waals surface area contributed by atoms with Crippen LogP contribution in [0.4, 0.5) is 4.39 Å². The lowest BCUT2D eigenvalue weighted by Gasteiger charge is -2.11. The molecule has 0 aliphatic rings. The standard InChI is InChI=1S/C17H16FN3O/c18-13-8-6-12(7-9-13)16-14-4-1-2-5-15(14)17(22)21(20-16)11-3-10-19/h1-2,4-9H,3,10-11,19H2. The Balaban J connectivity index is 2.25. The molecule has 0 atom stereocenters. The number of nitrogens with two attached hydrogens (primary N) is 1. The minimum Gasteiger partial charge on any atom is -0.330 e. The molecule has 3 rings (SSSR count). The molecule has 0 saturated carbocycles. The maximum Gasteiger partial charge on any atom is 0.274 e. The monoisotopic (exact) mass is 297 g/mol. The number of halogens is 1. The number of benzene rings is 2. The summed E-state index contributed by atoms with van der Waals surface area (Å²) in [5, 5.41) is 5.84. The van der Waals surface area contributed by atoms with E-state index in [-0.39, 0.29) is 11.4 Å². The summed E-state index contributed by atoms with van der Waals surface area (Å²) in [5.41, 5.74) is 6.84. The van der Waals surface area contributed by atoms with E-state index in [0.29, 0.717) is 30.6 Å². The van der Waals surface area contributed by atoms with Gasteiger partial charge in [0.2, 0.25) is 0 Å². The normalized spacial score (nSPS) is 11.0. The van der Waals surface area contributed by atoms with E-state index >= 15 is 0 Å². The number of fused-ring (bicyclic) bond motifs is 1. The van der Waals surface area contributed by atoms with E-state index in [0.717, 1.165) is 10.9 Å². The van der Waals surface area contributed by atoms with Crippen LogP contribution in [-0.2, 0) is 6.54 Å². The molecule has 2 aromatic carbocycles. The zero-order valence-corrected chi connectivity index (χ0v) is 12.0. The van der Waals surface area contributed by atoms with Gasteiger partial charge in [0.25, 0.3) is 5.56 Å². The van der Waals surface area contributed by atoms with Crippen LogP contribution in [0.3, 0.4) is 0 Å². The maximum atomic E-state index is 13.1. The van der Waals surface area contributed by atoms with Gasteiger partial charge in [-0.1, -0.05) is 18.2 Å². The Morgan fingerprint density at radius 2 is 1.73 bits per heavy atom. The average Bonchev–Trinajstić information content (AvgIpc) is 2.55. The molecule has 0 amide bonds. The predicted molar refractivity (Wildman–Crippen MR) is 85.1 cm³/mol. The van der Waals surface area contributed by atoms with Gasteiger partial charge >= 0.3 is 0 Å². The zero-order valence-electron chi connectivity index (χ0n) is 12.0. The zero-order chi connectivity index (χ0) is 15.5. The molecule has 2 N–H and O–H groups in total. The molecule has 0 unspecified atom stereocenters. The number of aromatic nitrogens is 2. The summed E-state index contributed by atoms with van der Waals surface area (Å²) in [6.45, 7) is 0.960. The Labute approximate surface area is 127 Å².